The Balaban J connectivity index is 1.61. The number of rotatable bonds is 5. The van der Waals surface area contributed by atoms with Gasteiger partial charge in [0.1, 0.15) is 0 Å². The van der Waals surface area contributed by atoms with Crippen molar-refractivity contribution < 1.29 is 14.4 Å². The number of benzene rings is 2. The van der Waals surface area contributed by atoms with Crippen molar-refractivity contribution in [2.75, 3.05) is 16.0 Å². The summed E-state index contributed by atoms with van der Waals surface area (Å²) < 4.78 is 0. The lowest BCUT2D eigenvalue weighted by Gasteiger charge is -2.15. The lowest BCUT2D eigenvalue weighted by atomic mass is 10.1. The number of amides is 3. The standard InChI is InChI=1S/C20H20N2O3S/c1-13-7-6-8-14(2)19(13)21-17(23)12-26-16-11-18(24)22(20(16)25)15-9-4-3-5-10-15/h3-10,16H,11-12H2,1-2H3,(H,21,23)/t16-/m1/s1. The maximum atomic E-state index is 12.5. The Hall–Kier alpha value is -2.60. The number of hydrogen-bond donors (Lipinski definition) is 1. The van der Waals surface area contributed by atoms with Gasteiger partial charge in [-0.15, -0.1) is 11.8 Å². The van der Waals surface area contributed by atoms with Crippen LogP contribution in [0.4, 0.5) is 11.4 Å². The zero-order chi connectivity index (χ0) is 18.7. The van der Waals surface area contributed by atoms with Crippen molar-refractivity contribution in [2.45, 2.75) is 25.5 Å². The molecule has 1 atom stereocenters. The molecule has 2 aromatic rings. The number of aryl methyl sites for hydroxylation is 2. The third-order valence-electron chi connectivity index (χ3n) is 4.28. The molecular formula is C20H20N2O3S. The summed E-state index contributed by atoms with van der Waals surface area (Å²) in [5.41, 5.74) is 3.36. The fraction of sp³-hybridized carbons (Fsp3) is 0.250. The zero-order valence-corrected chi connectivity index (χ0v) is 15.5. The number of thioether (sulfide) groups is 1. The molecule has 3 rings (SSSR count). The van der Waals surface area contributed by atoms with E-state index in [0.717, 1.165) is 16.8 Å². The van der Waals surface area contributed by atoms with Crippen molar-refractivity contribution >= 4 is 40.9 Å². The summed E-state index contributed by atoms with van der Waals surface area (Å²) in [6.07, 6.45) is 0.120. The van der Waals surface area contributed by atoms with Crippen LogP contribution in [0, 0.1) is 13.8 Å². The number of hydrogen-bond acceptors (Lipinski definition) is 4. The summed E-state index contributed by atoms with van der Waals surface area (Å²) in [5.74, 6) is -0.536. The molecule has 0 aromatic heterocycles. The summed E-state index contributed by atoms with van der Waals surface area (Å²) in [4.78, 5) is 38.2. The average Bonchev–Trinajstić information content (AvgIpc) is 2.91. The molecule has 1 saturated heterocycles. The van der Waals surface area contributed by atoms with E-state index >= 15 is 0 Å². The number of carbonyl (C=O) groups excluding carboxylic acids is 3. The predicted molar refractivity (Wildman–Crippen MR) is 104 cm³/mol. The Morgan fingerprint density at radius 3 is 2.38 bits per heavy atom. The molecule has 1 N–H and O–H groups in total. The van der Waals surface area contributed by atoms with Crippen molar-refractivity contribution in [3.8, 4) is 0 Å². The van der Waals surface area contributed by atoms with Gasteiger partial charge in [0.05, 0.1) is 16.7 Å². The molecule has 3 amide bonds. The molecule has 6 heteroatoms. The highest BCUT2D eigenvalue weighted by atomic mass is 32.2. The minimum absolute atomic E-state index is 0.120. The topological polar surface area (TPSA) is 66.5 Å². The van der Waals surface area contributed by atoms with E-state index in [2.05, 4.69) is 5.32 Å². The summed E-state index contributed by atoms with van der Waals surface area (Å²) >= 11 is 1.21. The van der Waals surface area contributed by atoms with Gasteiger partial charge in [0.2, 0.25) is 17.7 Å². The summed E-state index contributed by atoms with van der Waals surface area (Å²) in [6.45, 7) is 3.87. The Morgan fingerprint density at radius 2 is 1.73 bits per heavy atom. The van der Waals surface area contributed by atoms with Crippen LogP contribution in [0.3, 0.4) is 0 Å². The predicted octanol–water partition coefficient (Wildman–Crippen LogP) is 3.31. The smallest absolute Gasteiger partial charge is 0.247 e. The van der Waals surface area contributed by atoms with Gasteiger partial charge in [-0.3, -0.25) is 14.4 Å². The third-order valence-corrected chi connectivity index (χ3v) is 5.48. The minimum atomic E-state index is -0.522. The number of nitrogens with zero attached hydrogens (tertiary/aromatic N) is 1. The van der Waals surface area contributed by atoms with Crippen LogP contribution in [-0.2, 0) is 14.4 Å². The Morgan fingerprint density at radius 1 is 1.08 bits per heavy atom. The quantitative estimate of drug-likeness (QED) is 0.823. The van der Waals surface area contributed by atoms with Crippen LogP contribution in [0.1, 0.15) is 17.5 Å². The number of imide groups is 1. The molecule has 5 nitrogen and oxygen atoms in total. The van der Waals surface area contributed by atoms with Crippen LogP contribution >= 0.6 is 11.8 Å². The van der Waals surface area contributed by atoms with Crippen molar-refractivity contribution in [1.29, 1.82) is 0 Å². The molecule has 1 aliphatic heterocycles. The largest absolute Gasteiger partial charge is 0.325 e. The van der Waals surface area contributed by atoms with Crippen LogP contribution in [0.2, 0.25) is 0 Å². The van der Waals surface area contributed by atoms with Gasteiger partial charge in [-0.05, 0) is 37.1 Å². The first-order chi connectivity index (χ1) is 12.5. The van der Waals surface area contributed by atoms with Gasteiger partial charge >= 0.3 is 0 Å². The van der Waals surface area contributed by atoms with E-state index < -0.39 is 5.25 Å². The first-order valence-electron chi connectivity index (χ1n) is 8.37. The van der Waals surface area contributed by atoms with Gasteiger partial charge in [0, 0.05) is 12.1 Å². The van der Waals surface area contributed by atoms with Crippen molar-refractivity contribution in [1.82, 2.24) is 0 Å². The van der Waals surface area contributed by atoms with Crippen molar-refractivity contribution in [2.24, 2.45) is 0 Å². The highest BCUT2D eigenvalue weighted by molar-refractivity contribution is 8.01. The number of nitrogens with one attached hydrogen (secondary N) is 1. The highest BCUT2D eigenvalue weighted by Crippen LogP contribution is 2.29. The second-order valence-corrected chi connectivity index (χ2v) is 7.41. The van der Waals surface area contributed by atoms with E-state index in [1.807, 2.05) is 38.1 Å². The number of carbonyl (C=O) groups is 3. The number of para-hydroxylation sites is 2. The van der Waals surface area contributed by atoms with Gasteiger partial charge in [-0.1, -0.05) is 36.4 Å². The fourth-order valence-electron chi connectivity index (χ4n) is 2.95. The Bertz CT molecular complexity index is 831. The third kappa shape index (κ3) is 3.80. The van der Waals surface area contributed by atoms with Gasteiger partial charge in [-0.25, -0.2) is 4.90 Å². The maximum Gasteiger partial charge on any atom is 0.247 e. The molecule has 2 aromatic carbocycles. The van der Waals surface area contributed by atoms with Gasteiger partial charge in [-0.2, -0.15) is 0 Å². The van der Waals surface area contributed by atoms with Crippen LogP contribution in [0.25, 0.3) is 0 Å². The van der Waals surface area contributed by atoms with Gasteiger partial charge in [0.25, 0.3) is 0 Å². The Labute approximate surface area is 156 Å². The van der Waals surface area contributed by atoms with E-state index in [0.29, 0.717) is 5.69 Å². The molecule has 0 radical (unpaired) electrons. The second-order valence-electron chi connectivity index (χ2n) is 6.22. The molecular weight excluding hydrogens is 348 g/mol. The monoisotopic (exact) mass is 368 g/mol. The van der Waals surface area contributed by atoms with Crippen LogP contribution < -0.4 is 10.2 Å². The SMILES string of the molecule is Cc1cccc(C)c1NC(=O)CS[C@@H]1CC(=O)N(c2ccccc2)C1=O. The highest BCUT2D eigenvalue weighted by Gasteiger charge is 2.39. The van der Waals surface area contributed by atoms with E-state index in [1.54, 1.807) is 24.3 Å². The van der Waals surface area contributed by atoms with Crippen LogP contribution in [-0.4, -0.2) is 28.7 Å². The van der Waals surface area contributed by atoms with Gasteiger partial charge in [0.15, 0.2) is 0 Å². The lowest BCUT2D eigenvalue weighted by molar-refractivity contribution is -0.121. The zero-order valence-electron chi connectivity index (χ0n) is 14.7. The summed E-state index contributed by atoms with van der Waals surface area (Å²) in [7, 11) is 0. The fourth-order valence-corrected chi connectivity index (χ4v) is 3.88. The normalized spacial score (nSPS) is 16.8. The van der Waals surface area contributed by atoms with Gasteiger partial charge < -0.3 is 5.32 Å². The average molecular weight is 368 g/mol. The van der Waals surface area contributed by atoms with Crippen molar-refractivity contribution in [3.05, 3.63) is 59.7 Å². The molecule has 0 saturated carbocycles. The first kappa shape index (κ1) is 18.2. The second kappa shape index (κ2) is 7.74. The molecule has 1 aliphatic rings. The lowest BCUT2D eigenvalue weighted by Crippen LogP contribution is -2.31. The molecule has 1 heterocycles. The maximum absolute atomic E-state index is 12.5. The first-order valence-corrected chi connectivity index (χ1v) is 9.42. The van der Waals surface area contributed by atoms with Crippen molar-refractivity contribution in [3.63, 3.8) is 0 Å². The minimum Gasteiger partial charge on any atom is -0.325 e. The molecule has 0 spiro atoms. The molecule has 0 aliphatic carbocycles. The molecule has 0 bridgehead atoms. The molecule has 26 heavy (non-hydrogen) atoms. The number of anilines is 2. The molecule has 0 unspecified atom stereocenters. The van der Waals surface area contributed by atoms with E-state index in [9.17, 15) is 14.4 Å². The van der Waals surface area contributed by atoms with E-state index in [4.69, 9.17) is 0 Å². The molecule has 134 valence electrons. The summed E-state index contributed by atoms with van der Waals surface area (Å²) in [6, 6.07) is 14.7. The summed E-state index contributed by atoms with van der Waals surface area (Å²) in [5, 5.41) is 2.38. The van der Waals surface area contributed by atoms with Crippen LogP contribution in [0.15, 0.2) is 48.5 Å². The van der Waals surface area contributed by atoms with E-state index in [-0.39, 0.29) is 29.9 Å². The van der Waals surface area contributed by atoms with E-state index in [1.165, 1.54) is 16.7 Å². The van der Waals surface area contributed by atoms with Crippen LogP contribution in [0.5, 0.6) is 0 Å². The molecule has 1 fully saturated rings. The Kier molecular flexibility index (Phi) is 5.42.